The van der Waals surface area contributed by atoms with Crippen LogP contribution in [0.1, 0.15) is 13.3 Å². The van der Waals surface area contributed by atoms with Crippen LogP contribution in [0.5, 0.6) is 0 Å². The van der Waals surface area contributed by atoms with Gasteiger partial charge in [-0.3, -0.25) is 9.59 Å². The van der Waals surface area contributed by atoms with Gasteiger partial charge in [-0.25, -0.2) is 13.1 Å². The monoisotopic (exact) mass is 336 g/mol. The van der Waals surface area contributed by atoms with Crippen LogP contribution in [0.3, 0.4) is 0 Å². The average molecular weight is 336 g/mol. The second-order valence-corrected chi connectivity index (χ2v) is 8.20. The molecule has 0 unspecified atom stereocenters. The molecule has 122 valence electrons. The zero-order chi connectivity index (χ0) is 16.7. The number of nitrogens with zero attached hydrogens (tertiary/aromatic N) is 3. The van der Waals surface area contributed by atoms with Crippen molar-refractivity contribution in [2.24, 2.45) is 0 Å². The van der Waals surface area contributed by atoms with E-state index >= 15 is 0 Å². The Bertz CT molecular complexity index is 937. The highest BCUT2D eigenvalue weighted by molar-refractivity contribution is 7.91. The Labute approximate surface area is 132 Å². The molecule has 2 heterocycles. The molecule has 1 fully saturated rings. The summed E-state index contributed by atoms with van der Waals surface area (Å²) >= 11 is 0. The van der Waals surface area contributed by atoms with E-state index in [9.17, 15) is 18.0 Å². The first-order valence-electron chi connectivity index (χ1n) is 7.12. The van der Waals surface area contributed by atoms with Crippen molar-refractivity contribution in [3.63, 3.8) is 0 Å². The normalized spacial score (nSPS) is 23.0. The van der Waals surface area contributed by atoms with Gasteiger partial charge in [0.25, 0.3) is 5.56 Å². The third-order valence-electron chi connectivity index (χ3n) is 3.87. The van der Waals surface area contributed by atoms with Gasteiger partial charge in [0.1, 0.15) is 12.1 Å². The minimum atomic E-state index is -3.12. The molecular weight excluding hydrogens is 320 g/mol. The molecule has 0 aliphatic carbocycles. The number of amides is 1. The summed E-state index contributed by atoms with van der Waals surface area (Å²) in [6.45, 7) is 1.39. The molecule has 1 amide bonds. The van der Waals surface area contributed by atoms with Gasteiger partial charge in [0.15, 0.2) is 9.84 Å². The molecule has 0 radical (unpaired) electrons. The Balaban J connectivity index is 1.79. The lowest BCUT2D eigenvalue weighted by atomic mass is 10.0. The van der Waals surface area contributed by atoms with E-state index in [1.54, 1.807) is 31.2 Å². The van der Waals surface area contributed by atoms with Crippen molar-refractivity contribution in [3.8, 4) is 0 Å². The van der Waals surface area contributed by atoms with Crippen molar-refractivity contribution in [1.82, 2.24) is 20.3 Å². The lowest BCUT2D eigenvalue weighted by molar-refractivity contribution is -0.123. The first kappa shape index (κ1) is 15.6. The third-order valence-corrected chi connectivity index (χ3v) is 5.77. The highest BCUT2D eigenvalue weighted by Gasteiger charge is 2.39. The zero-order valence-electron chi connectivity index (χ0n) is 12.5. The fourth-order valence-electron chi connectivity index (χ4n) is 2.75. The molecule has 0 saturated carbocycles. The van der Waals surface area contributed by atoms with Gasteiger partial charge in [0.05, 0.1) is 22.4 Å². The minimum absolute atomic E-state index is 0.0551. The maximum Gasteiger partial charge on any atom is 0.278 e. The fourth-order valence-corrected chi connectivity index (χ4v) is 4.84. The Hall–Kier alpha value is -2.29. The number of carbonyl (C=O) groups is 1. The number of benzene rings is 1. The van der Waals surface area contributed by atoms with E-state index in [1.165, 1.54) is 0 Å². The van der Waals surface area contributed by atoms with Crippen LogP contribution in [0.2, 0.25) is 0 Å². The summed E-state index contributed by atoms with van der Waals surface area (Å²) in [5.41, 5.74) is -0.748. The van der Waals surface area contributed by atoms with Crippen molar-refractivity contribution in [2.75, 3.05) is 11.5 Å². The molecule has 2 aromatic rings. The average Bonchev–Trinajstić information content (AvgIpc) is 2.75. The van der Waals surface area contributed by atoms with E-state index in [-0.39, 0.29) is 18.1 Å². The predicted molar refractivity (Wildman–Crippen MR) is 83.6 cm³/mol. The molecule has 1 aromatic carbocycles. The van der Waals surface area contributed by atoms with Gasteiger partial charge < -0.3 is 5.32 Å². The summed E-state index contributed by atoms with van der Waals surface area (Å²) in [5, 5.41) is 10.7. The molecule has 8 nitrogen and oxygen atoms in total. The molecule has 0 spiro atoms. The summed E-state index contributed by atoms with van der Waals surface area (Å²) in [4.78, 5) is 24.4. The molecule has 23 heavy (non-hydrogen) atoms. The van der Waals surface area contributed by atoms with Gasteiger partial charge in [-0.1, -0.05) is 17.3 Å². The number of nitrogens with one attached hydrogen (secondary N) is 1. The fraction of sp³-hybridized carbons (Fsp3) is 0.429. The smallest absolute Gasteiger partial charge is 0.278 e. The first-order chi connectivity index (χ1) is 10.8. The summed E-state index contributed by atoms with van der Waals surface area (Å²) in [6, 6.07) is 6.74. The second-order valence-electron chi connectivity index (χ2n) is 6.02. The van der Waals surface area contributed by atoms with E-state index in [1.807, 2.05) is 0 Å². The topological polar surface area (TPSA) is 111 Å². The highest BCUT2D eigenvalue weighted by atomic mass is 32.2. The molecule has 1 aromatic heterocycles. The predicted octanol–water partition coefficient (Wildman–Crippen LogP) is -0.515. The van der Waals surface area contributed by atoms with Crippen LogP contribution in [0.4, 0.5) is 0 Å². The lowest BCUT2D eigenvalue weighted by Gasteiger charge is -2.23. The van der Waals surface area contributed by atoms with E-state index in [0.29, 0.717) is 17.3 Å². The molecule has 9 heteroatoms. The number of hydrogen-bond acceptors (Lipinski definition) is 6. The van der Waals surface area contributed by atoms with Gasteiger partial charge in [-0.05, 0) is 25.5 Å². The van der Waals surface area contributed by atoms with Gasteiger partial charge in [0.2, 0.25) is 5.91 Å². The molecule has 0 bridgehead atoms. The summed E-state index contributed by atoms with van der Waals surface area (Å²) in [5.74, 6) is -0.500. The first-order valence-corrected chi connectivity index (χ1v) is 8.94. The number of carbonyl (C=O) groups excluding carboxylic acids is 1. The minimum Gasteiger partial charge on any atom is -0.348 e. The quantitative estimate of drug-likeness (QED) is 0.808. The van der Waals surface area contributed by atoms with Crippen LogP contribution in [-0.2, 0) is 21.2 Å². The Kier molecular flexibility index (Phi) is 3.67. The van der Waals surface area contributed by atoms with Crippen molar-refractivity contribution in [2.45, 2.75) is 25.4 Å². The van der Waals surface area contributed by atoms with Crippen LogP contribution in [0, 0.1) is 0 Å². The van der Waals surface area contributed by atoms with Crippen LogP contribution in [-0.4, -0.2) is 46.4 Å². The van der Waals surface area contributed by atoms with Crippen molar-refractivity contribution in [3.05, 3.63) is 34.6 Å². The maximum atomic E-state index is 12.3. The maximum absolute atomic E-state index is 12.3. The Morgan fingerprint density at radius 3 is 2.83 bits per heavy atom. The second kappa shape index (κ2) is 5.41. The number of hydrogen-bond donors (Lipinski definition) is 1. The van der Waals surface area contributed by atoms with Gasteiger partial charge in [-0.15, -0.1) is 5.10 Å². The third kappa shape index (κ3) is 3.24. The molecular formula is C14H16N4O4S. The molecule has 1 saturated heterocycles. The number of sulfone groups is 1. The molecule has 3 rings (SSSR count). The van der Waals surface area contributed by atoms with Gasteiger partial charge in [-0.2, -0.15) is 0 Å². The standard InChI is InChI=1S/C14H16N4O4S/c1-14(6-7-23(21,22)9-14)15-12(19)8-18-13(20)10-4-2-3-5-11(10)16-17-18/h2-5H,6-9H2,1H3,(H,15,19)/t14-/m0/s1. The van der Waals surface area contributed by atoms with E-state index in [2.05, 4.69) is 15.6 Å². The Morgan fingerprint density at radius 2 is 2.13 bits per heavy atom. The summed E-state index contributed by atoms with van der Waals surface area (Å²) in [6.07, 6.45) is 0.360. The lowest BCUT2D eigenvalue weighted by Crippen LogP contribution is -2.49. The van der Waals surface area contributed by atoms with Crippen molar-refractivity contribution >= 4 is 26.6 Å². The van der Waals surface area contributed by atoms with Crippen LogP contribution in [0.25, 0.3) is 10.9 Å². The van der Waals surface area contributed by atoms with Crippen molar-refractivity contribution in [1.29, 1.82) is 0 Å². The summed E-state index contributed by atoms with van der Waals surface area (Å²) in [7, 11) is -3.12. The highest BCUT2D eigenvalue weighted by Crippen LogP contribution is 2.22. The Morgan fingerprint density at radius 1 is 1.39 bits per heavy atom. The molecule has 1 atom stereocenters. The number of aromatic nitrogens is 3. The van der Waals surface area contributed by atoms with Gasteiger partial charge >= 0.3 is 0 Å². The molecule has 1 aliphatic heterocycles. The van der Waals surface area contributed by atoms with Crippen molar-refractivity contribution < 1.29 is 13.2 Å². The SMILES string of the molecule is C[C@]1(NC(=O)Cn2nnc3ccccc3c2=O)CCS(=O)(=O)C1. The zero-order valence-corrected chi connectivity index (χ0v) is 13.3. The number of fused-ring (bicyclic) bond motifs is 1. The van der Waals surface area contributed by atoms with E-state index < -0.39 is 26.8 Å². The largest absolute Gasteiger partial charge is 0.348 e. The molecule has 1 aliphatic rings. The van der Waals surface area contributed by atoms with Gasteiger partial charge in [0, 0.05) is 0 Å². The summed E-state index contributed by atoms with van der Waals surface area (Å²) < 4.78 is 24.1. The number of rotatable bonds is 3. The molecule has 1 N–H and O–H groups in total. The van der Waals surface area contributed by atoms with Crippen LogP contribution in [0.15, 0.2) is 29.1 Å². The van der Waals surface area contributed by atoms with Crippen LogP contribution >= 0.6 is 0 Å². The van der Waals surface area contributed by atoms with E-state index in [0.717, 1.165) is 4.68 Å². The van der Waals surface area contributed by atoms with Crippen LogP contribution < -0.4 is 10.9 Å². The van der Waals surface area contributed by atoms with E-state index in [4.69, 9.17) is 0 Å².